The van der Waals surface area contributed by atoms with E-state index < -0.39 is 0 Å². The van der Waals surface area contributed by atoms with Crippen molar-refractivity contribution in [1.29, 1.82) is 0 Å². The molecule has 26 heavy (non-hydrogen) atoms. The number of hydrogen-bond donors (Lipinski definition) is 1. The van der Waals surface area contributed by atoms with Crippen LogP contribution in [0.4, 0.5) is 5.69 Å². The molecular formula is C21H19NO4. The number of benzene rings is 2. The summed E-state index contributed by atoms with van der Waals surface area (Å²) in [5, 5.41) is 3.76. The number of ether oxygens (including phenoxy) is 1. The number of amides is 1. The van der Waals surface area contributed by atoms with Crippen molar-refractivity contribution in [3.8, 4) is 5.75 Å². The van der Waals surface area contributed by atoms with Gasteiger partial charge in [-0.25, -0.2) is 0 Å². The highest BCUT2D eigenvalue weighted by atomic mass is 16.5. The molecule has 0 radical (unpaired) electrons. The highest BCUT2D eigenvalue weighted by Crippen LogP contribution is 2.32. The predicted molar refractivity (Wildman–Crippen MR) is 98.7 cm³/mol. The van der Waals surface area contributed by atoms with Gasteiger partial charge in [0.2, 0.25) is 11.7 Å². The number of carbonyl (C=O) groups excluding carboxylic acids is 2. The summed E-state index contributed by atoms with van der Waals surface area (Å²) in [5.41, 5.74) is 2.56. The Labute approximate surface area is 150 Å². The highest BCUT2D eigenvalue weighted by molar-refractivity contribution is 6.11. The molecule has 1 amide bonds. The van der Waals surface area contributed by atoms with Gasteiger partial charge in [0.25, 0.3) is 0 Å². The maximum atomic E-state index is 12.8. The van der Waals surface area contributed by atoms with Gasteiger partial charge < -0.3 is 14.5 Å². The smallest absolute Gasteiger partial charge is 0.228 e. The Hall–Kier alpha value is -3.08. The molecule has 0 bridgehead atoms. The zero-order chi connectivity index (χ0) is 18.3. The summed E-state index contributed by atoms with van der Waals surface area (Å²) >= 11 is 0. The van der Waals surface area contributed by atoms with Crippen molar-refractivity contribution in [2.24, 2.45) is 5.92 Å². The first-order valence-electron chi connectivity index (χ1n) is 8.59. The molecule has 1 fully saturated rings. The maximum absolute atomic E-state index is 12.8. The molecule has 1 saturated carbocycles. The predicted octanol–water partition coefficient (Wildman–Crippen LogP) is 4.33. The summed E-state index contributed by atoms with van der Waals surface area (Å²) in [4.78, 5) is 24.8. The van der Waals surface area contributed by atoms with Crippen molar-refractivity contribution < 1.29 is 18.7 Å². The molecule has 2 aromatic carbocycles. The summed E-state index contributed by atoms with van der Waals surface area (Å²) in [7, 11) is 1.56. The maximum Gasteiger partial charge on any atom is 0.228 e. The van der Waals surface area contributed by atoms with Gasteiger partial charge in [0, 0.05) is 34.2 Å². The fourth-order valence-corrected chi connectivity index (χ4v) is 3.01. The Bertz CT molecular complexity index is 1010. The van der Waals surface area contributed by atoms with Crippen molar-refractivity contribution in [2.45, 2.75) is 19.8 Å². The molecule has 0 atom stereocenters. The largest absolute Gasteiger partial charge is 0.497 e. The van der Waals surface area contributed by atoms with E-state index in [9.17, 15) is 9.59 Å². The lowest BCUT2D eigenvalue weighted by Gasteiger charge is -2.03. The molecule has 1 aromatic heterocycles. The monoisotopic (exact) mass is 349 g/mol. The van der Waals surface area contributed by atoms with E-state index in [2.05, 4.69) is 5.32 Å². The number of anilines is 1. The summed E-state index contributed by atoms with van der Waals surface area (Å²) < 4.78 is 11.0. The number of hydrogen-bond acceptors (Lipinski definition) is 4. The van der Waals surface area contributed by atoms with Crippen LogP contribution < -0.4 is 10.1 Å². The molecule has 3 aromatic rings. The van der Waals surface area contributed by atoms with Crippen LogP contribution in [0.2, 0.25) is 0 Å². The first kappa shape index (κ1) is 16.4. The van der Waals surface area contributed by atoms with Gasteiger partial charge in [0.1, 0.15) is 11.3 Å². The topological polar surface area (TPSA) is 68.5 Å². The van der Waals surface area contributed by atoms with E-state index in [4.69, 9.17) is 9.15 Å². The first-order valence-corrected chi connectivity index (χ1v) is 8.59. The third-order valence-electron chi connectivity index (χ3n) is 4.69. The lowest BCUT2D eigenvalue weighted by molar-refractivity contribution is -0.117. The van der Waals surface area contributed by atoms with Gasteiger partial charge in [-0.15, -0.1) is 0 Å². The number of carbonyl (C=O) groups is 2. The number of aryl methyl sites for hydroxylation is 1. The van der Waals surface area contributed by atoms with Gasteiger partial charge in [-0.1, -0.05) is 12.1 Å². The van der Waals surface area contributed by atoms with E-state index in [1.165, 1.54) is 0 Å². The lowest BCUT2D eigenvalue weighted by Crippen LogP contribution is -2.12. The Morgan fingerprint density at radius 2 is 1.96 bits per heavy atom. The molecule has 1 heterocycles. The number of rotatable bonds is 5. The average Bonchev–Trinajstić information content (AvgIpc) is 3.46. The van der Waals surface area contributed by atoms with Crippen LogP contribution in [-0.4, -0.2) is 18.8 Å². The van der Waals surface area contributed by atoms with E-state index in [0.29, 0.717) is 28.3 Å². The molecule has 0 aliphatic heterocycles. The zero-order valence-corrected chi connectivity index (χ0v) is 14.7. The second-order valence-electron chi connectivity index (χ2n) is 6.59. The third-order valence-corrected chi connectivity index (χ3v) is 4.69. The molecule has 1 aliphatic carbocycles. The minimum Gasteiger partial charge on any atom is -0.497 e. The fourth-order valence-electron chi connectivity index (χ4n) is 3.01. The van der Waals surface area contributed by atoms with E-state index in [0.717, 1.165) is 23.8 Å². The SMILES string of the molecule is COc1cccc(C(=O)c2oc3cc(NC(=O)C4CC4)ccc3c2C)c1. The van der Waals surface area contributed by atoms with Gasteiger partial charge in [-0.2, -0.15) is 0 Å². The number of furan rings is 1. The molecular weight excluding hydrogens is 330 g/mol. The molecule has 0 unspecified atom stereocenters. The average molecular weight is 349 g/mol. The molecule has 1 N–H and O–H groups in total. The summed E-state index contributed by atoms with van der Waals surface area (Å²) in [5.74, 6) is 0.907. The quantitative estimate of drug-likeness (QED) is 0.696. The molecule has 1 aliphatic rings. The van der Waals surface area contributed by atoms with Crippen LogP contribution in [0, 0.1) is 12.8 Å². The molecule has 132 valence electrons. The van der Waals surface area contributed by atoms with E-state index >= 15 is 0 Å². The van der Waals surface area contributed by atoms with Crippen molar-refractivity contribution in [3.63, 3.8) is 0 Å². The van der Waals surface area contributed by atoms with Gasteiger partial charge in [-0.3, -0.25) is 9.59 Å². The number of fused-ring (bicyclic) bond motifs is 1. The third kappa shape index (κ3) is 2.96. The van der Waals surface area contributed by atoms with Gasteiger partial charge >= 0.3 is 0 Å². The Morgan fingerprint density at radius 3 is 2.69 bits per heavy atom. The fraction of sp³-hybridized carbons (Fsp3) is 0.238. The standard InChI is InChI=1S/C21H19NO4/c1-12-17-9-8-15(22-21(24)13-6-7-13)11-18(17)26-20(12)19(23)14-4-3-5-16(10-14)25-2/h3-5,8-11,13H,6-7H2,1-2H3,(H,22,24). The van der Waals surface area contributed by atoms with Crippen LogP contribution in [0.15, 0.2) is 46.9 Å². The van der Waals surface area contributed by atoms with E-state index in [1.807, 2.05) is 19.1 Å². The van der Waals surface area contributed by atoms with E-state index in [-0.39, 0.29) is 17.6 Å². The molecule has 4 rings (SSSR count). The van der Waals surface area contributed by atoms with Gasteiger partial charge in [0.15, 0.2) is 5.76 Å². The Kier molecular flexibility index (Phi) is 3.99. The van der Waals surface area contributed by atoms with Crippen molar-refractivity contribution in [2.75, 3.05) is 12.4 Å². The molecule has 0 spiro atoms. The Morgan fingerprint density at radius 1 is 1.15 bits per heavy atom. The molecule has 5 nitrogen and oxygen atoms in total. The Balaban J connectivity index is 1.67. The minimum absolute atomic E-state index is 0.0420. The highest BCUT2D eigenvalue weighted by Gasteiger charge is 2.29. The molecule has 0 saturated heterocycles. The zero-order valence-electron chi connectivity index (χ0n) is 14.7. The normalized spacial score (nSPS) is 13.6. The summed E-state index contributed by atoms with van der Waals surface area (Å²) in [6, 6.07) is 12.5. The van der Waals surface area contributed by atoms with Crippen LogP contribution in [-0.2, 0) is 4.79 Å². The second kappa shape index (κ2) is 6.33. The number of nitrogens with one attached hydrogen (secondary N) is 1. The van der Waals surface area contributed by atoms with Crippen LogP contribution in [0.1, 0.15) is 34.5 Å². The van der Waals surface area contributed by atoms with Crippen LogP contribution in [0.25, 0.3) is 11.0 Å². The first-order chi connectivity index (χ1) is 12.6. The van der Waals surface area contributed by atoms with Crippen LogP contribution in [0.5, 0.6) is 5.75 Å². The molecule has 5 heteroatoms. The van der Waals surface area contributed by atoms with Gasteiger partial charge in [0.05, 0.1) is 7.11 Å². The second-order valence-corrected chi connectivity index (χ2v) is 6.59. The van der Waals surface area contributed by atoms with Crippen molar-refractivity contribution in [3.05, 3.63) is 59.4 Å². The summed E-state index contributed by atoms with van der Waals surface area (Å²) in [6.45, 7) is 1.86. The van der Waals surface area contributed by atoms with Crippen LogP contribution >= 0.6 is 0 Å². The van der Waals surface area contributed by atoms with Crippen LogP contribution in [0.3, 0.4) is 0 Å². The van der Waals surface area contributed by atoms with Crippen molar-refractivity contribution in [1.82, 2.24) is 0 Å². The van der Waals surface area contributed by atoms with Gasteiger partial charge in [-0.05, 0) is 44.0 Å². The lowest BCUT2D eigenvalue weighted by atomic mass is 10.0. The minimum atomic E-state index is -0.193. The van der Waals surface area contributed by atoms with Crippen molar-refractivity contribution >= 4 is 28.3 Å². The number of ketones is 1. The van der Waals surface area contributed by atoms with E-state index in [1.54, 1.807) is 37.4 Å². The number of methoxy groups -OCH3 is 1. The summed E-state index contributed by atoms with van der Waals surface area (Å²) in [6.07, 6.45) is 1.90.